The number of carbonyl (C=O) groups is 1. The lowest BCUT2D eigenvalue weighted by Crippen LogP contribution is -2.45. The van der Waals surface area contributed by atoms with E-state index in [0.717, 1.165) is 50.0 Å². The molecular formula is C21H24N4O2S. The third kappa shape index (κ3) is 5.07. The number of carbonyl (C=O) groups excluding carboxylic acids is 1. The summed E-state index contributed by atoms with van der Waals surface area (Å²) in [5.41, 5.74) is 1.84. The number of hydrogen-bond donors (Lipinski definition) is 1. The zero-order valence-corrected chi connectivity index (χ0v) is 16.5. The van der Waals surface area contributed by atoms with E-state index >= 15 is 0 Å². The van der Waals surface area contributed by atoms with Gasteiger partial charge in [0.25, 0.3) is 5.91 Å². The molecule has 28 heavy (non-hydrogen) atoms. The van der Waals surface area contributed by atoms with Crippen LogP contribution in [0.1, 0.15) is 26.8 Å². The van der Waals surface area contributed by atoms with Crippen LogP contribution < -0.4 is 5.32 Å². The highest BCUT2D eigenvalue weighted by Gasteiger charge is 2.19. The van der Waals surface area contributed by atoms with Crippen LogP contribution in [0.25, 0.3) is 0 Å². The molecule has 1 saturated heterocycles. The van der Waals surface area contributed by atoms with E-state index in [2.05, 4.69) is 50.4 Å². The van der Waals surface area contributed by atoms with Crippen LogP contribution in [0.15, 0.2) is 58.5 Å². The van der Waals surface area contributed by atoms with Crippen molar-refractivity contribution in [1.82, 2.24) is 20.1 Å². The fourth-order valence-electron chi connectivity index (χ4n) is 3.30. The van der Waals surface area contributed by atoms with Gasteiger partial charge in [0, 0.05) is 38.1 Å². The lowest BCUT2D eigenvalue weighted by atomic mass is 10.2. The average molecular weight is 397 g/mol. The summed E-state index contributed by atoms with van der Waals surface area (Å²) in [6, 6.07) is 14.3. The number of piperazine rings is 1. The lowest BCUT2D eigenvalue weighted by Gasteiger charge is -2.34. The molecule has 0 spiro atoms. The van der Waals surface area contributed by atoms with Gasteiger partial charge in [0.15, 0.2) is 0 Å². The number of nitrogens with one attached hydrogen (secondary N) is 1. The zero-order chi connectivity index (χ0) is 19.2. The van der Waals surface area contributed by atoms with Crippen molar-refractivity contribution >= 4 is 17.2 Å². The van der Waals surface area contributed by atoms with Gasteiger partial charge in [0.05, 0.1) is 19.4 Å². The Hall–Kier alpha value is -2.48. The zero-order valence-electron chi connectivity index (χ0n) is 15.7. The maximum absolute atomic E-state index is 12.2. The molecule has 2 aromatic heterocycles. The number of hydrogen-bond acceptors (Lipinski definition) is 6. The van der Waals surface area contributed by atoms with Crippen molar-refractivity contribution in [3.63, 3.8) is 0 Å². The first kappa shape index (κ1) is 18.9. The number of furan rings is 1. The monoisotopic (exact) mass is 396 g/mol. The molecule has 146 valence electrons. The van der Waals surface area contributed by atoms with E-state index in [9.17, 15) is 4.79 Å². The smallest absolute Gasteiger partial charge is 0.271 e. The number of thiazole rings is 1. The summed E-state index contributed by atoms with van der Waals surface area (Å²) in [5.74, 6) is 0.573. The van der Waals surface area contributed by atoms with E-state index in [1.165, 1.54) is 5.56 Å². The van der Waals surface area contributed by atoms with Gasteiger partial charge in [-0.05, 0) is 17.7 Å². The highest BCUT2D eigenvalue weighted by Crippen LogP contribution is 2.15. The van der Waals surface area contributed by atoms with E-state index in [0.29, 0.717) is 12.2 Å². The summed E-state index contributed by atoms with van der Waals surface area (Å²) in [6.45, 7) is 6.33. The highest BCUT2D eigenvalue weighted by molar-refractivity contribution is 7.09. The van der Waals surface area contributed by atoms with Crippen LogP contribution in [0.2, 0.25) is 0 Å². The largest absolute Gasteiger partial charge is 0.467 e. The summed E-state index contributed by atoms with van der Waals surface area (Å²) in [7, 11) is 0. The Labute approximate surface area is 168 Å². The van der Waals surface area contributed by atoms with Crippen LogP contribution >= 0.6 is 11.3 Å². The molecule has 1 amide bonds. The van der Waals surface area contributed by atoms with Crippen molar-refractivity contribution in [3.05, 3.63) is 76.1 Å². The molecular weight excluding hydrogens is 372 g/mol. The van der Waals surface area contributed by atoms with Gasteiger partial charge in [-0.25, -0.2) is 4.98 Å². The van der Waals surface area contributed by atoms with Crippen molar-refractivity contribution in [2.75, 3.05) is 26.2 Å². The Morgan fingerprint density at radius 1 is 1.04 bits per heavy atom. The lowest BCUT2D eigenvalue weighted by molar-refractivity contribution is 0.0943. The second kappa shape index (κ2) is 9.14. The molecule has 7 heteroatoms. The Bertz CT molecular complexity index is 871. The van der Waals surface area contributed by atoms with Crippen molar-refractivity contribution in [2.45, 2.75) is 19.6 Å². The SMILES string of the molecule is O=C(NCc1ccco1)c1csc(CN2CCN(Cc3ccccc3)CC2)n1. The minimum Gasteiger partial charge on any atom is -0.467 e. The molecule has 1 aliphatic rings. The van der Waals surface area contributed by atoms with E-state index < -0.39 is 0 Å². The minimum atomic E-state index is -0.161. The van der Waals surface area contributed by atoms with Gasteiger partial charge >= 0.3 is 0 Å². The first-order valence-electron chi connectivity index (χ1n) is 9.50. The number of aromatic nitrogens is 1. The Morgan fingerprint density at radius 3 is 2.50 bits per heavy atom. The Morgan fingerprint density at radius 2 is 1.79 bits per heavy atom. The summed E-state index contributed by atoms with van der Waals surface area (Å²) >= 11 is 1.55. The molecule has 6 nitrogen and oxygen atoms in total. The number of nitrogens with zero attached hydrogens (tertiary/aromatic N) is 3. The molecule has 0 bridgehead atoms. The molecule has 4 rings (SSSR count). The third-order valence-electron chi connectivity index (χ3n) is 4.86. The van der Waals surface area contributed by atoms with Gasteiger partial charge in [-0.3, -0.25) is 14.6 Å². The minimum absolute atomic E-state index is 0.161. The molecule has 0 saturated carbocycles. The quantitative estimate of drug-likeness (QED) is 0.665. The van der Waals surface area contributed by atoms with Crippen molar-refractivity contribution in [3.8, 4) is 0 Å². The van der Waals surface area contributed by atoms with Crippen molar-refractivity contribution < 1.29 is 9.21 Å². The van der Waals surface area contributed by atoms with Crippen LogP contribution in [0.3, 0.4) is 0 Å². The second-order valence-corrected chi connectivity index (χ2v) is 7.87. The van der Waals surface area contributed by atoms with Gasteiger partial charge in [-0.1, -0.05) is 30.3 Å². The maximum Gasteiger partial charge on any atom is 0.271 e. The number of amides is 1. The summed E-state index contributed by atoms with van der Waals surface area (Å²) < 4.78 is 5.23. The fourth-order valence-corrected chi connectivity index (χ4v) is 4.11. The third-order valence-corrected chi connectivity index (χ3v) is 5.69. The topological polar surface area (TPSA) is 61.6 Å². The van der Waals surface area contributed by atoms with Crippen molar-refractivity contribution in [2.24, 2.45) is 0 Å². The Kier molecular flexibility index (Phi) is 6.16. The van der Waals surface area contributed by atoms with Gasteiger partial charge < -0.3 is 9.73 Å². The van der Waals surface area contributed by atoms with Crippen LogP contribution in [-0.2, 0) is 19.6 Å². The highest BCUT2D eigenvalue weighted by atomic mass is 32.1. The summed E-state index contributed by atoms with van der Waals surface area (Å²) in [6.07, 6.45) is 1.60. The van der Waals surface area contributed by atoms with Crippen LogP contribution in [0.5, 0.6) is 0 Å². The molecule has 0 aliphatic carbocycles. The molecule has 1 N–H and O–H groups in total. The van der Waals surface area contributed by atoms with E-state index in [1.54, 1.807) is 17.6 Å². The van der Waals surface area contributed by atoms with E-state index in [-0.39, 0.29) is 5.91 Å². The van der Waals surface area contributed by atoms with Crippen LogP contribution in [-0.4, -0.2) is 46.9 Å². The average Bonchev–Trinajstić information content (AvgIpc) is 3.41. The van der Waals surface area contributed by atoms with E-state index in [4.69, 9.17) is 4.42 Å². The van der Waals surface area contributed by atoms with E-state index in [1.807, 2.05) is 17.5 Å². The summed E-state index contributed by atoms with van der Waals surface area (Å²) in [4.78, 5) is 21.6. The first-order chi connectivity index (χ1) is 13.8. The molecule has 1 aromatic carbocycles. The fraction of sp³-hybridized carbons (Fsp3) is 0.333. The normalized spacial score (nSPS) is 15.6. The molecule has 0 unspecified atom stereocenters. The number of rotatable bonds is 7. The predicted molar refractivity (Wildman–Crippen MR) is 109 cm³/mol. The standard InChI is InChI=1S/C21H24N4O2S/c26-21(22-13-18-7-4-12-27-18)19-16-28-20(23-19)15-25-10-8-24(9-11-25)14-17-5-2-1-3-6-17/h1-7,12,16H,8-11,13-15H2,(H,22,26). The van der Waals surface area contributed by atoms with Gasteiger partial charge in [-0.15, -0.1) is 11.3 Å². The van der Waals surface area contributed by atoms with Gasteiger partial charge in [-0.2, -0.15) is 0 Å². The Balaban J connectivity index is 1.23. The maximum atomic E-state index is 12.2. The van der Waals surface area contributed by atoms with Gasteiger partial charge in [0.1, 0.15) is 16.5 Å². The molecule has 0 radical (unpaired) electrons. The molecule has 3 heterocycles. The summed E-state index contributed by atoms with van der Waals surface area (Å²) in [5, 5.41) is 5.66. The molecule has 3 aromatic rings. The number of benzene rings is 1. The predicted octanol–water partition coefficient (Wildman–Crippen LogP) is 2.98. The molecule has 1 aliphatic heterocycles. The van der Waals surface area contributed by atoms with Crippen molar-refractivity contribution in [1.29, 1.82) is 0 Å². The molecule has 1 fully saturated rings. The second-order valence-electron chi connectivity index (χ2n) is 6.93. The first-order valence-corrected chi connectivity index (χ1v) is 10.4. The van der Waals surface area contributed by atoms with Crippen LogP contribution in [0, 0.1) is 0 Å². The van der Waals surface area contributed by atoms with Gasteiger partial charge in [0.2, 0.25) is 0 Å². The van der Waals surface area contributed by atoms with Crippen LogP contribution in [0.4, 0.5) is 0 Å². The molecule has 0 atom stereocenters.